The summed E-state index contributed by atoms with van der Waals surface area (Å²) in [6, 6.07) is 1.67. The van der Waals surface area contributed by atoms with Gasteiger partial charge in [-0.05, 0) is 31.0 Å². The van der Waals surface area contributed by atoms with Crippen molar-refractivity contribution in [3.63, 3.8) is 0 Å². The first kappa shape index (κ1) is 17.4. The van der Waals surface area contributed by atoms with Gasteiger partial charge in [0.05, 0.1) is 23.7 Å². The van der Waals surface area contributed by atoms with Crippen molar-refractivity contribution in [2.24, 2.45) is 5.73 Å². The van der Waals surface area contributed by atoms with Gasteiger partial charge in [-0.2, -0.15) is 4.31 Å². The van der Waals surface area contributed by atoms with Crippen LogP contribution in [0.25, 0.3) is 0 Å². The molecule has 1 aromatic rings. The number of nitrogens with two attached hydrogens (primary N) is 1. The number of carboxylic acids is 1. The predicted octanol–water partition coefficient (Wildman–Crippen LogP) is -0.124. The van der Waals surface area contributed by atoms with E-state index in [4.69, 9.17) is 10.5 Å². The van der Waals surface area contributed by atoms with Crippen molar-refractivity contribution in [3.05, 3.63) is 28.8 Å². The van der Waals surface area contributed by atoms with Crippen LogP contribution in [0.1, 0.15) is 21.5 Å². The zero-order chi connectivity index (χ0) is 17.4. The van der Waals surface area contributed by atoms with E-state index in [9.17, 15) is 23.1 Å². The smallest absolute Gasteiger partial charge is 0.336 e. The van der Waals surface area contributed by atoms with Crippen LogP contribution >= 0.6 is 0 Å². The lowest BCUT2D eigenvalue weighted by Crippen LogP contribution is -2.54. The molecule has 0 bridgehead atoms. The van der Waals surface area contributed by atoms with E-state index < -0.39 is 27.9 Å². The van der Waals surface area contributed by atoms with Gasteiger partial charge in [-0.25, -0.2) is 13.2 Å². The lowest BCUT2D eigenvalue weighted by Gasteiger charge is -2.33. The van der Waals surface area contributed by atoms with E-state index >= 15 is 0 Å². The van der Waals surface area contributed by atoms with E-state index in [1.165, 1.54) is 19.1 Å². The molecule has 126 valence electrons. The number of morpholine rings is 1. The molecule has 3 N–H and O–H groups in total. The van der Waals surface area contributed by atoms with E-state index in [1.54, 1.807) is 6.92 Å². The Morgan fingerprint density at radius 3 is 2.57 bits per heavy atom. The van der Waals surface area contributed by atoms with Crippen molar-refractivity contribution in [1.82, 2.24) is 4.31 Å². The summed E-state index contributed by atoms with van der Waals surface area (Å²) in [6.45, 7) is 3.02. The Hall–Kier alpha value is -1.97. The summed E-state index contributed by atoms with van der Waals surface area (Å²) in [7, 11) is -4.07. The number of carbonyl (C=O) groups excluding carboxylic acids is 1. The van der Waals surface area contributed by atoms with Crippen molar-refractivity contribution in [2.75, 3.05) is 19.8 Å². The van der Waals surface area contributed by atoms with Gasteiger partial charge in [-0.3, -0.25) is 4.79 Å². The van der Waals surface area contributed by atoms with Gasteiger partial charge < -0.3 is 15.6 Å². The minimum Gasteiger partial charge on any atom is -0.478 e. The molecule has 0 aliphatic carbocycles. The van der Waals surface area contributed by atoms with Crippen molar-refractivity contribution in [2.45, 2.75) is 24.8 Å². The van der Waals surface area contributed by atoms with Gasteiger partial charge in [0.1, 0.15) is 6.04 Å². The highest BCUT2D eigenvalue weighted by molar-refractivity contribution is 7.89. The van der Waals surface area contributed by atoms with Crippen LogP contribution < -0.4 is 5.73 Å². The number of ether oxygens (including phenoxy) is 1. The van der Waals surface area contributed by atoms with Crippen LogP contribution in [0, 0.1) is 13.8 Å². The molecule has 0 spiro atoms. The van der Waals surface area contributed by atoms with Crippen LogP contribution in [-0.4, -0.2) is 55.5 Å². The number of rotatable bonds is 4. The van der Waals surface area contributed by atoms with Crippen LogP contribution in [-0.2, 0) is 19.6 Å². The second kappa shape index (κ2) is 6.26. The zero-order valence-electron chi connectivity index (χ0n) is 12.8. The second-order valence-electron chi connectivity index (χ2n) is 5.29. The number of amides is 1. The number of carboxylic acid groups (broad SMARTS) is 1. The summed E-state index contributed by atoms with van der Waals surface area (Å²) >= 11 is 0. The number of hydrogen-bond donors (Lipinski definition) is 2. The fourth-order valence-electron chi connectivity index (χ4n) is 2.66. The lowest BCUT2D eigenvalue weighted by atomic mass is 10.0. The number of aromatic carboxylic acids is 1. The fourth-order valence-corrected chi connectivity index (χ4v) is 4.46. The largest absolute Gasteiger partial charge is 0.478 e. The molecule has 8 nitrogen and oxygen atoms in total. The quantitative estimate of drug-likeness (QED) is 0.785. The molecule has 1 saturated heterocycles. The summed E-state index contributed by atoms with van der Waals surface area (Å²) in [5.74, 6) is -2.01. The molecule has 1 aromatic carbocycles. The van der Waals surface area contributed by atoms with Gasteiger partial charge in [0.25, 0.3) is 0 Å². The summed E-state index contributed by atoms with van der Waals surface area (Å²) in [5.41, 5.74) is 5.79. The summed E-state index contributed by atoms with van der Waals surface area (Å²) < 4.78 is 31.8. The van der Waals surface area contributed by atoms with E-state index in [0.29, 0.717) is 5.56 Å². The average molecular weight is 342 g/mol. The molecule has 1 aliphatic heterocycles. The monoisotopic (exact) mass is 342 g/mol. The Labute approximate surface area is 133 Å². The number of nitrogens with zero attached hydrogens (tertiary/aromatic N) is 1. The van der Waals surface area contributed by atoms with Gasteiger partial charge in [0, 0.05) is 6.54 Å². The van der Waals surface area contributed by atoms with E-state index in [-0.39, 0.29) is 35.8 Å². The van der Waals surface area contributed by atoms with Crippen LogP contribution in [0.4, 0.5) is 0 Å². The van der Waals surface area contributed by atoms with Crippen LogP contribution in [0.3, 0.4) is 0 Å². The van der Waals surface area contributed by atoms with Gasteiger partial charge in [0.15, 0.2) is 0 Å². The number of primary amides is 1. The Kier molecular flexibility index (Phi) is 4.73. The average Bonchev–Trinajstić information content (AvgIpc) is 2.46. The first-order valence-electron chi connectivity index (χ1n) is 6.90. The first-order chi connectivity index (χ1) is 10.7. The molecule has 1 heterocycles. The maximum Gasteiger partial charge on any atom is 0.336 e. The highest BCUT2D eigenvalue weighted by atomic mass is 32.2. The van der Waals surface area contributed by atoms with Crippen LogP contribution in [0.15, 0.2) is 17.0 Å². The van der Waals surface area contributed by atoms with Gasteiger partial charge in [0.2, 0.25) is 15.9 Å². The number of benzene rings is 1. The molecule has 23 heavy (non-hydrogen) atoms. The van der Waals surface area contributed by atoms with Crippen molar-refractivity contribution in [3.8, 4) is 0 Å². The minimum absolute atomic E-state index is 0.0222. The normalized spacial score (nSPS) is 19.5. The molecule has 2 rings (SSSR count). The molecule has 1 atom stereocenters. The third-order valence-electron chi connectivity index (χ3n) is 3.83. The summed E-state index contributed by atoms with van der Waals surface area (Å²) in [4.78, 5) is 22.7. The molecule has 1 aliphatic rings. The first-order valence-corrected chi connectivity index (χ1v) is 8.34. The molecule has 9 heteroatoms. The Bertz CT molecular complexity index is 759. The molecule has 0 radical (unpaired) electrons. The number of hydrogen-bond acceptors (Lipinski definition) is 5. The predicted molar refractivity (Wildman–Crippen MR) is 80.6 cm³/mol. The third-order valence-corrected chi connectivity index (χ3v) is 5.88. The summed E-state index contributed by atoms with van der Waals surface area (Å²) in [6.07, 6.45) is 0. The standard InChI is InChI=1S/C14H18N2O6S/c1-8-3-4-11(9(2)12(8)14(18)19)23(20,21)16-5-6-22-7-10(16)13(15)17/h3-4,10H,5-7H2,1-2H3,(H2,15,17)(H,18,19). The Morgan fingerprint density at radius 2 is 2.00 bits per heavy atom. The van der Waals surface area contributed by atoms with Crippen molar-refractivity contribution in [1.29, 1.82) is 0 Å². The number of aryl methyl sites for hydroxylation is 1. The highest BCUT2D eigenvalue weighted by Crippen LogP contribution is 2.27. The molecule has 1 amide bonds. The maximum atomic E-state index is 12.9. The number of sulfonamides is 1. The molecule has 1 unspecified atom stereocenters. The Balaban J connectivity index is 2.58. The SMILES string of the molecule is Cc1ccc(S(=O)(=O)N2CCOCC2C(N)=O)c(C)c1C(=O)O. The lowest BCUT2D eigenvalue weighted by molar-refractivity contribution is -0.125. The second-order valence-corrected chi connectivity index (χ2v) is 7.15. The van der Waals surface area contributed by atoms with Crippen LogP contribution in [0.5, 0.6) is 0 Å². The molecular formula is C14H18N2O6S. The minimum atomic E-state index is -4.07. The molecule has 0 aromatic heterocycles. The maximum absolute atomic E-state index is 12.9. The third kappa shape index (κ3) is 3.07. The molecular weight excluding hydrogens is 324 g/mol. The van der Waals surface area contributed by atoms with Crippen LogP contribution in [0.2, 0.25) is 0 Å². The van der Waals surface area contributed by atoms with Gasteiger partial charge >= 0.3 is 5.97 Å². The van der Waals surface area contributed by atoms with Gasteiger partial charge in [-0.1, -0.05) is 6.07 Å². The summed E-state index contributed by atoms with van der Waals surface area (Å²) in [5, 5.41) is 9.28. The van der Waals surface area contributed by atoms with Crippen molar-refractivity contribution >= 4 is 21.9 Å². The van der Waals surface area contributed by atoms with E-state index in [1.807, 2.05) is 0 Å². The Morgan fingerprint density at radius 1 is 1.35 bits per heavy atom. The highest BCUT2D eigenvalue weighted by Gasteiger charge is 2.38. The fraction of sp³-hybridized carbons (Fsp3) is 0.429. The van der Waals surface area contributed by atoms with E-state index in [2.05, 4.69) is 0 Å². The number of carbonyl (C=O) groups is 2. The molecule has 1 fully saturated rings. The van der Waals surface area contributed by atoms with E-state index in [0.717, 1.165) is 4.31 Å². The topological polar surface area (TPSA) is 127 Å². The van der Waals surface area contributed by atoms with Crippen molar-refractivity contribution < 1.29 is 27.9 Å². The zero-order valence-corrected chi connectivity index (χ0v) is 13.6. The molecule has 0 saturated carbocycles. The van der Waals surface area contributed by atoms with Gasteiger partial charge in [-0.15, -0.1) is 0 Å².